The van der Waals surface area contributed by atoms with Gasteiger partial charge < -0.3 is 9.73 Å². The van der Waals surface area contributed by atoms with Crippen molar-refractivity contribution in [2.24, 2.45) is 0 Å². The van der Waals surface area contributed by atoms with Gasteiger partial charge in [-0.15, -0.1) is 0 Å². The van der Waals surface area contributed by atoms with Gasteiger partial charge in [0.25, 0.3) is 5.91 Å². The molecule has 0 aliphatic carbocycles. The molecule has 0 saturated carbocycles. The van der Waals surface area contributed by atoms with E-state index in [0.717, 1.165) is 10.0 Å². The van der Waals surface area contributed by atoms with Crippen molar-refractivity contribution in [3.63, 3.8) is 0 Å². The Morgan fingerprint density at radius 1 is 1.10 bits per heavy atom. The number of hydrogen-bond donors (Lipinski definition) is 2. The van der Waals surface area contributed by atoms with E-state index in [-0.39, 0.29) is 15.7 Å². The molecule has 0 bridgehead atoms. The van der Waals surface area contributed by atoms with Crippen LogP contribution in [0.2, 0.25) is 10.0 Å². The molecule has 4 rings (SSSR count). The Morgan fingerprint density at radius 3 is 2.70 bits per heavy atom. The molecule has 0 fully saturated rings. The van der Waals surface area contributed by atoms with Crippen LogP contribution in [0.1, 0.15) is 10.4 Å². The molecule has 2 heterocycles. The van der Waals surface area contributed by atoms with Gasteiger partial charge in [-0.3, -0.25) is 15.1 Å². The number of anilines is 1. The van der Waals surface area contributed by atoms with Gasteiger partial charge in [0.05, 0.1) is 16.1 Å². The highest BCUT2D eigenvalue weighted by Gasteiger charge is 2.14. The van der Waals surface area contributed by atoms with E-state index in [2.05, 4.69) is 36.5 Å². The fraction of sp³-hybridized carbons (Fsp3) is 0. The van der Waals surface area contributed by atoms with Crippen LogP contribution in [0.4, 0.5) is 5.69 Å². The molecule has 150 valence electrons. The lowest BCUT2D eigenvalue weighted by atomic mass is 10.2. The predicted octanol–water partition coefficient (Wildman–Crippen LogP) is 6.09. The molecule has 2 aromatic heterocycles. The number of amides is 1. The van der Waals surface area contributed by atoms with Crippen molar-refractivity contribution in [2.45, 2.75) is 0 Å². The van der Waals surface area contributed by atoms with Crippen molar-refractivity contribution in [3.05, 3.63) is 74.9 Å². The number of nitrogens with one attached hydrogen (secondary N) is 2. The molecule has 0 radical (unpaired) electrons. The Morgan fingerprint density at radius 2 is 1.93 bits per heavy atom. The molecule has 0 saturated heterocycles. The predicted molar refractivity (Wildman–Crippen MR) is 125 cm³/mol. The maximum absolute atomic E-state index is 12.4. The standard InChI is InChI=1S/C20H11BrCl2N4O2S/c21-11-5-10(8-24-9-11)19-26-16-7-13(2-4-17(16)29-19)25-20(30)27-18(28)14-3-1-12(22)6-15(14)23/h1-9H,(H2,25,27,28,30). The highest BCUT2D eigenvalue weighted by molar-refractivity contribution is 9.10. The summed E-state index contributed by atoms with van der Waals surface area (Å²) in [4.78, 5) is 21.0. The van der Waals surface area contributed by atoms with Crippen LogP contribution in [-0.4, -0.2) is 21.0 Å². The lowest BCUT2D eigenvalue weighted by molar-refractivity contribution is 0.0978. The molecule has 2 aromatic carbocycles. The van der Waals surface area contributed by atoms with Crippen molar-refractivity contribution in [3.8, 4) is 11.5 Å². The number of rotatable bonds is 3. The summed E-state index contributed by atoms with van der Waals surface area (Å²) in [6, 6.07) is 11.8. The average molecular weight is 522 g/mol. The molecule has 2 N–H and O–H groups in total. The van der Waals surface area contributed by atoms with Crippen molar-refractivity contribution < 1.29 is 9.21 Å². The first-order valence-electron chi connectivity index (χ1n) is 8.48. The number of halogens is 3. The Hall–Kier alpha value is -2.52. The second-order valence-electron chi connectivity index (χ2n) is 6.13. The van der Waals surface area contributed by atoms with Crippen LogP contribution in [0.15, 0.2) is 63.7 Å². The number of pyridine rings is 1. The van der Waals surface area contributed by atoms with E-state index in [0.29, 0.717) is 27.7 Å². The zero-order valence-corrected chi connectivity index (χ0v) is 18.9. The number of fused-ring (bicyclic) bond motifs is 1. The van der Waals surface area contributed by atoms with E-state index in [1.807, 2.05) is 6.07 Å². The van der Waals surface area contributed by atoms with Gasteiger partial charge in [0.15, 0.2) is 10.7 Å². The second-order valence-corrected chi connectivity index (χ2v) is 8.29. The number of carbonyl (C=O) groups is 1. The van der Waals surface area contributed by atoms with Crippen LogP contribution in [-0.2, 0) is 0 Å². The fourth-order valence-electron chi connectivity index (χ4n) is 2.66. The van der Waals surface area contributed by atoms with Gasteiger partial charge in [0.2, 0.25) is 5.89 Å². The van der Waals surface area contributed by atoms with Crippen LogP contribution in [0.5, 0.6) is 0 Å². The minimum absolute atomic E-state index is 0.116. The first-order chi connectivity index (χ1) is 14.4. The van der Waals surface area contributed by atoms with Crippen molar-refractivity contribution >= 4 is 79.2 Å². The van der Waals surface area contributed by atoms with Crippen LogP contribution >= 0.6 is 51.3 Å². The third-order valence-corrected chi connectivity index (χ3v) is 5.19. The minimum Gasteiger partial charge on any atom is -0.436 e. The molecule has 0 atom stereocenters. The summed E-state index contributed by atoms with van der Waals surface area (Å²) < 4.78 is 6.61. The average Bonchev–Trinajstić information content (AvgIpc) is 3.11. The fourth-order valence-corrected chi connectivity index (χ4v) is 3.73. The van der Waals surface area contributed by atoms with E-state index in [1.54, 1.807) is 36.7 Å². The summed E-state index contributed by atoms with van der Waals surface area (Å²) in [7, 11) is 0. The third-order valence-electron chi connectivity index (χ3n) is 4.00. The van der Waals surface area contributed by atoms with E-state index in [9.17, 15) is 4.79 Å². The van der Waals surface area contributed by atoms with Gasteiger partial charge in [0.1, 0.15) is 5.52 Å². The van der Waals surface area contributed by atoms with E-state index < -0.39 is 5.91 Å². The summed E-state index contributed by atoms with van der Waals surface area (Å²) in [5, 5.41) is 6.33. The molecule has 0 aliphatic rings. The van der Waals surface area contributed by atoms with Crippen LogP contribution in [0.25, 0.3) is 22.6 Å². The molecule has 0 aliphatic heterocycles. The number of thiocarbonyl (C=S) groups is 1. The number of carbonyl (C=O) groups excluding carboxylic acids is 1. The molecule has 30 heavy (non-hydrogen) atoms. The molecular weight excluding hydrogens is 511 g/mol. The zero-order chi connectivity index (χ0) is 21.3. The number of oxazole rings is 1. The molecule has 4 aromatic rings. The lowest BCUT2D eigenvalue weighted by Crippen LogP contribution is -2.34. The topological polar surface area (TPSA) is 80.0 Å². The summed E-state index contributed by atoms with van der Waals surface area (Å²) in [6.45, 7) is 0. The first-order valence-corrected chi connectivity index (χ1v) is 10.4. The number of nitrogens with zero attached hydrogens (tertiary/aromatic N) is 2. The Labute approximate surface area is 194 Å². The molecule has 10 heteroatoms. The first kappa shape index (κ1) is 20.7. The number of aromatic nitrogens is 2. The van der Waals surface area contributed by atoms with Crippen molar-refractivity contribution in [1.29, 1.82) is 0 Å². The maximum Gasteiger partial charge on any atom is 0.258 e. The molecule has 0 unspecified atom stereocenters. The van der Waals surface area contributed by atoms with E-state index in [1.165, 1.54) is 12.1 Å². The van der Waals surface area contributed by atoms with Crippen LogP contribution in [0, 0.1) is 0 Å². The quantitative estimate of drug-likeness (QED) is 0.318. The molecule has 0 spiro atoms. The summed E-state index contributed by atoms with van der Waals surface area (Å²) in [5.74, 6) is 0.00494. The third kappa shape index (κ3) is 4.62. The normalized spacial score (nSPS) is 10.8. The lowest BCUT2D eigenvalue weighted by Gasteiger charge is -2.10. The Kier molecular flexibility index (Phi) is 6.01. The van der Waals surface area contributed by atoms with Gasteiger partial charge in [0, 0.05) is 27.6 Å². The minimum atomic E-state index is -0.443. The van der Waals surface area contributed by atoms with E-state index in [4.69, 9.17) is 39.8 Å². The SMILES string of the molecule is O=C(NC(=S)Nc1ccc2oc(-c3cncc(Br)c3)nc2c1)c1ccc(Cl)cc1Cl. The van der Waals surface area contributed by atoms with Gasteiger partial charge in [-0.25, -0.2) is 4.98 Å². The Bertz CT molecular complexity index is 1300. The molecule has 1 amide bonds. The van der Waals surface area contributed by atoms with Crippen molar-refractivity contribution in [1.82, 2.24) is 15.3 Å². The largest absolute Gasteiger partial charge is 0.436 e. The van der Waals surface area contributed by atoms with Gasteiger partial charge in [-0.2, -0.15) is 0 Å². The van der Waals surface area contributed by atoms with Crippen molar-refractivity contribution in [2.75, 3.05) is 5.32 Å². The number of hydrogen-bond acceptors (Lipinski definition) is 5. The highest BCUT2D eigenvalue weighted by Crippen LogP contribution is 2.27. The molecular formula is C20H11BrCl2N4O2S. The highest BCUT2D eigenvalue weighted by atomic mass is 79.9. The van der Waals surface area contributed by atoms with Crippen LogP contribution < -0.4 is 10.6 Å². The smallest absolute Gasteiger partial charge is 0.258 e. The van der Waals surface area contributed by atoms with Crippen LogP contribution in [0.3, 0.4) is 0 Å². The maximum atomic E-state index is 12.4. The summed E-state index contributed by atoms with van der Waals surface area (Å²) >= 11 is 20.5. The van der Waals surface area contributed by atoms with E-state index >= 15 is 0 Å². The molecule has 6 nitrogen and oxygen atoms in total. The Balaban J connectivity index is 1.49. The zero-order valence-electron chi connectivity index (χ0n) is 14.9. The number of benzene rings is 2. The summed E-state index contributed by atoms with van der Waals surface area (Å²) in [5.41, 5.74) is 2.90. The monoisotopic (exact) mass is 520 g/mol. The second kappa shape index (κ2) is 8.69. The summed E-state index contributed by atoms with van der Waals surface area (Å²) in [6.07, 6.45) is 3.35. The van der Waals surface area contributed by atoms with Gasteiger partial charge in [-0.05, 0) is 70.6 Å². The van der Waals surface area contributed by atoms with Gasteiger partial charge >= 0.3 is 0 Å². The van der Waals surface area contributed by atoms with Gasteiger partial charge in [-0.1, -0.05) is 23.2 Å².